The molecule has 1 heterocycles. The Morgan fingerprint density at radius 2 is 1.69 bits per heavy atom. The van der Waals surface area contributed by atoms with Gasteiger partial charge < -0.3 is 14.5 Å². The molecule has 0 radical (unpaired) electrons. The lowest BCUT2D eigenvalue weighted by Crippen LogP contribution is -2.32. The van der Waals surface area contributed by atoms with Gasteiger partial charge in [0, 0.05) is 16.6 Å². The van der Waals surface area contributed by atoms with Crippen LogP contribution in [-0.4, -0.2) is 23.0 Å². The third-order valence-corrected chi connectivity index (χ3v) is 5.88. The van der Waals surface area contributed by atoms with Crippen LogP contribution in [0.1, 0.15) is 29.3 Å². The van der Waals surface area contributed by atoms with Gasteiger partial charge in [-0.2, -0.15) is 0 Å². The van der Waals surface area contributed by atoms with Gasteiger partial charge in [-0.05, 0) is 55.1 Å². The number of nitrogens with zero attached hydrogens (tertiary/aromatic N) is 1. The predicted molar refractivity (Wildman–Crippen MR) is 136 cm³/mol. The minimum Gasteiger partial charge on any atom is -0.449 e. The van der Waals surface area contributed by atoms with Gasteiger partial charge in [-0.15, -0.1) is 0 Å². The first-order valence-corrected chi connectivity index (χ1v) is 11.5. The van der Waals surface area contributed by atoms with E-state index in [9.17, 15) is 9.59 Å². The molecule has 0 bridgehead atoms. The van der Waals surface area contributed by atoms with E-state index in [2.05, 4.69) is 10.3 Å². The first kappa shape index (κ1) is 22.3. The maximum absolute atomic E-state index is 13.3. The van der Waals surface area contributed by atoms with Crippen molar-refractivity contribution in [3.05, 3.63) is 96.1 Å². The van der Waals surface area contributed by atoms with Crippen molar-refractivity contribution in [3.63, 3.8) is 0 Å². The summed E-state index contributed by atoms with van der Waals surface area (Å²) in [7, 11) is 0. The molecule has 1 N–H and O–H groups in total. The summed E-state index contributed by atoms with van der Waals surface area (Å²) in [6, 6.07) is 26.0. The van der Waals surface area contributed by atoms with Crippen LogP contribution in [-0.2, 0) is 9.53 Å². The lowest BCUT2D eigenvalue weighted by molar-refractivity contribution is -0.124. The number of hydrogen-bond acceptors (Lipinski definition) is 5. The fourth-order valence-corrected chi connectivity index (χ4v) is 4.05. The Balaban J connectivity index is 1.47. The molecule has 0 saturated heterocycles. The second kappa shape index (κ2) is 9.43. The van der Waals surface area contributed by atoms with Gasteiger partial charge in [-0.1, -0.05) is 61.0 Å². The minimum absolute atomic E-state index is 0.339. The smallest absolute Gasteiger partial charge is 0.339 e. The molecular weight excluding hydrogens is 440 g/mol. The number of esters is 1. The number of benzene rings is 4. The Kier molecular flexibility index (Phi) is 6.02. The average Bonchev–Trinajstić information content (AvgIpc) is 3.32. The van der Waals surface area contributed by atoms with Crippen LogP contribution in [0.15, 0.2) is 89.3 Å². The molecule has 1 amide bonds. The number of nitrogens with one attached hydrogen (secondary N) is 1. The summed E-state index contributed by atoms with van der Waals surface area (Å²) in [4.78, 5) is 30.8. The molecule has 0 aliphatic carbocycles. The quantitative estimate of drug-likeness (QED) is 0.289. The Labute approximate surface area is 202 Å². The van der Waals surface area contributed by atoms with Crippen molar-refractivity contribution >= 4 is 39.4 Å². The molecule has 0 spiro atoms. The first-order valence-electron chi connectivity index (χ1n) is 11.5. The highest BCUT2D eigenvalue weighted by Gasteiger charge is 2.24. The second-order valence-electron chi connectivity index (χ2n) is 8.35. The van der Waals surface area contributed by atoms with Crippen LogP contribution in [0.25, 0.3) is 33.3 Å². The average molecular weight is 465 g/mol. The number of fused-ring (bicyclic) bond motifs is 2. The van der Waals surface area contributed by atoms with Gasteiger partial charge in [-0.3, -0.25) is 4.79 Å². The van der Waals surface area contributed by atoms with Gasteiger partial charge in [0.1, 0.15) is 5.52 Å². The third kappa shape index (κ3) is 4.51. The van der Waals surface area contributed by atoms with Crippen LogP contribution >= 0.6 is 0 Å². The van der Waals surface area contributed by atoms with Crippen molar-refractivity contribution < 1.29 is 18.7 Å². The number of hydrogen-bond donors (Lipinski definition) is 1. The zero-order chi connectivity index (χ0) is 24.4. The minimum atomic E-state index is -0.935. The fourth-order valence-electron chi connectivity index (χ4n) is 4.05. The molecule has 1 aromatic heterocycles. The van der Waals surface area contributed by atoms with E-state index in [0.29, 0.717) is 40.1 Å². The molecular formula is C29H24N2O4. The Bertz CT molecular complexity index is 1500. The van der Waals surface area contributed by atoms with Crippen molar-refractivity contribution in [2.24, 2.45) is 0 Å². The molecule has 6 heteroatoms. The van der Waals surface area contributed by atoms with Crippen LogP contribution in [0.4, 0.5) is 5.69 Å². The van der Waals surface area contributed by atoms with E-state index in [-0.39, 0.29) is 5.91 Å². The number of anilines is 1. The van der Waals surface area contributed by atoms with Gasteiger partial charge in [0.2, 0.25) is 5.89 Å². The highest BCUT2D eigenvalue weighted by Crippen LogP contribution is 2.33. The first-order chi connectivity index (χ1) is 17.0. The van der Waals surface area contributed by atoms with Crippen molar-refractivity contribution in [1.29, 1.82) is 0 Å². The van der Waals surface area contributed by atoms with Crippen molar-refractivity contribution in [1.82, 2.24) is 4.98 Å². The lowest BCUT2D eigenvalue weighted by atomic mass is 9.99. The molecule has 4 aromatic carbocycles. The van der Waals surface area contributed by atoms with Crippen molar-refractivity contribution in [2.45, 2.75) is 26.4 Å². The van der Waals surface area contributed by atoms with Crippen molar-refractivity contribution in [3.8, 4) is 11.5 Å². The molecule has 35 heavy (non-hydrogen) atoms. The van der Waals surface area contributed by atoms with Gasteiger partial charge >= 0.3 is 5.97 Å². The molecule has 0 aliphatic heterocycles. The zero-order valence-electron chi connectivity index (χ0n) is 19.4. The third-order valence-electron chi connectivity index (χ3n) is 5.88. The Morgan fingerprint density at radius 1 is 0.943 bits per heavy atom. The summed E-state index contributed by atoms with van der Waals surface area (Å²) in [5.41, 5.74) is 4.17. The number of ether oxygens (including phenoxy) is 1. The summed E-state index contributed by atoms with van der Waals surface area (Å²) in [6.07, 6.45) is -0.595. The number of oxazole rings is 1. The van der Waals surface area contributed by atoms with Crippen LogP contribution in [0.5, 0.6) is 0 Å². The van der Waals surface area contributed by atoms with Gasteiger partial charge in [0.05, 0.1) is 5.56 Å². The van der Waals surface area contributed by atoms with Crippen LogP contribution in [0.3, 0.4) is 0 Å². The number of rotatable bonds is 6. The molecule has 0 aliphatic rings. The van der Waals surface area contributed by atoms with Crippen LogP contribution in [0, 0.1) is 6.92 Å². The maximum atomic E-state index is 13.3. The van der Waals surface area contributed by atoms with E-state index in [1.165, 1.54) is 0 Å². The highest BCUT2D eigenvalue weighted by atomic mass is 16.5. The summed E-state index contributed by atoms with van der Waals surface area (Å²) in [6.45, 7) is 3.78. The van der Waals surface area contributed by atoms with E-state index in [0.717, 1.165) is 16.5 Å². The van der Waals surface area contributed by atoms with Gasteiger partial charge in [-0.25, -0.2) is 9.78 Å². The summed E-state index contributed by atoms with van der Waals surface area (Å²) in [5.74, 6) is -0.532. The molecule has 0 saturated carbocycles. The summed E-state index contributed by atoms with van der Waals surface area (Å²) in [5, 5.41) is 4.34. The van der Waals surface area contributed by atoms with E-state index < -0.39 is 12.1 Å². The van der Waals surface area contributed by atoms with Gasteiger partial charge in [0.25, 0.3) is 5.91 Å². The fraction of sp³-hybridized carbons (Fsp3) is 0.138. The molecule has 5 rings (SSSR count). The number of para-hydroxylation sites is 2. The van der Waals surface area contributed by atoms with Gasteiger partial charge in [0.15, 0.2) is 11.7 Å². The van der Waals surface area contributed by atoms with E-state index in [4.69, 9.17) is 9.15 Å². The Hall–Kier alpha value is -4.45. The normalized spacial score (nSPS) is 11.9. The molecule has 1 atom stereocenters. The molecule has 0 fully saturated rings. The molecule has 1 unspecified atom stereocenters. The highest BCUT2D eigenvalue weighted by molar-refractivity contribution is 6.10. The summed E-state index contributed by atoms with van der Waals surface area (Å²) >= 11 is 0. The Morgan fingerprint density at radius 3 is 2.43 bits per heavy atom. The molecule has 174 valence electrons. The van der Waals surface area contributed by atoms with Crippen LogP contribution in [0.2, 0.25) is 0 Å². The monoisotopic (exact) mass is 464 g/mol. The topological polar surface area (TPSA) is 81.4 Å². The van der Waals surface area contributed by atoms with E-state index in [1.54, 1.807) is 19.1 Å². The largest absolute Gasteiger partial charge is 0.449 e. The number of aromatic nitrogens is 1. The van der Waals surface area contributed by atoms with E-state index in [1.807, 2.05) is 79.7 Å². The van der Waals surface area contributed by atoms with Crippen molar-refractivity contribution in [2.75, 3.05) is 5.32 Å². The number of carbonyl (C=O) groups is 2. The standard InChI is InChI=1S/C29H24N2O4/c1-3-24(27(32)30-20-16-14-18(2)15-17-20)35-29(33)22-11-7-9-19-8-6-10-21(26(19)22)28-31-23-12-4-5-13-25(23)34-28/h4-17,24H,3H2,1-2H3,(H,30,32). The molecule has 5 aromatic rings. The summed E-state index contributed by atoms with van der Waals surface area (Å²) < 4.78 is 11.7. The lowest BCUT2D eigenvalue weighted by Gasteiger charge is -2.17. The zero-order valence-corrected chi connectivity index (χ0v) is 19.4. The number of carbonyl (C=O) groups excluding carboxylic acids is 2. The predicted octanol–water partition coefficient (Wildman–Crippen LogP) is 6.53. The SMILES string of the molecule is CCC(OC(=O)c1cccc2cccc(-c3nc4ccccc4o3)c12)C(=O)Nc1ccc(C)cc1. The molecule has 6 nitrogen and oxygen atoms in total. The van der Waals surface area contributed by atoms with Crippen LogP contribution < -0.4 is 5.32 Å². The number of aryl methyl sites for hydroxylation is 1. The number of amides is 1. The maximum Gasteiger partial charge on any atom is 0.339 e. The van der Waals surface area contributed by atoms with E-state index >= 15 is 0 Å². The second-order valence-corrected chi connectivity index (χ2v) is 8.35.